The molecule has 2 aromatic rings. The smallest absolute Gasteiger partial charge is 0.240 e. The van der Waals surface area contributed by atoms with Gasteiger partial charge < -0.3 is 10.2 Å². The number of rotatable bonds is 5. The lowest BCUT2D eigenvalue weighted by Gasteiger charge is -2.02. The van der Waals surface area contributed by atoms with Crippen molar-refractivity contribution < 1.29 is 15.0 Å². The maximum absolute atomic E-state index is 11.7. The van der Waals surface area contributed by atoms with Crippen molar-refractivity contribution in [1.82, 2.24) is 15.6 Å². The topological polar surface area (TPSA) is 111 Å². The largest absolute Gasteiger partial charge is 0.508 e. The number of carbonyl (C=O) groups excluding carboxylic acids is 1. The van der Waals surface area contributed by atoms with Crippen LogP contribution in [0.15, 0.2) is 23.3 Å². The lowest BCUT2D eigenvalue weighted by molar-refractivity contribution is -0.121. The zero-order chi connectivity index (χ0) is 16.1. The molecule has 0 saturated carbocycles. The highest BCUT2D eigenvalue weighted by Crippen LogP contribution is 2.20. The van der Waals surface area contributed by atoms with Gasteiger partial charge in [0.15, 0.2) is 0 Å². The molecule has 0 radical (unpaired) electrons. The van der Waals surface area contributed by atoms with Crippen LogP contribution in [0.3, 0.4) is 0 Å². The predicted molar refractivity (Wildman–Crippen MR) is 81.9 cm³/mol. The zero-order valence-corrected chi connectivity index (χ0v) is 12.4. The molecule has 4 N–H and O–H groups in total. The van der Waals surface area contributed by atoms with Crippen molar-refractivity contribution in [2.45, 2.75) is 26.7 Å². The number of hydrogen-bond acceptors (Lipinski definition) is 5. The van der Waals surface area contributed by atoms with Gasteiger partial charge in [0.1, 0.15) is 11.5 Å². The third-order valence-corrected chi connectivity index (χ3v) is 3.29. The standard InChI is InChI=1S/C15H18N4O3/c1-9-13(10(2)18-17-9)5-6-15(22)19-16-8-11-3-4-12(20)7-14(11)21/h3-4,7-8,20-21H,5-6H2,1-2H3,(H,17,18)(H,19,22)/b16-8+. The van der Waals surface area contributed by atoms with Crippen LogP contribution in [0.25, 0.3) is 0 Å². The summed E-state index contributed by atoms with van der Waals surface area (Å²) in [6, 6.07) is 4.12. The molecule has 7 heteroatoms. The fourth-order valence-corrected chi connectivity index (χ4v) is 2.05. The van der Waals surface area contributed by atoms with Gasteiger partial charge in [0.05, 0.1) is 11.9 Å². The molecule has 116 valence electrons. The molecule has 7 nitrogen and oxygen atoms in total. The number of benzene rings is 1. The summed E-state index contributed by atoms with van der Waals surface area (Å²) in [7, 11) is 0. The van der Waals surface area contributed by atoms with Crippen molar-refractivity contribution in [2.75, 3.05) is 0 Å². The highest BCUT2D eigenvalue weighted by atomic mass is 16.3. The van der Waals surface area contributed by atoms with E-state index in [4.69, 9.17) is 0 Å². The molecule has 1 amide bonds. The number of amides is 1. The third kappa shape index (κ3) is 3.85. The number of aryl methyl sites for hydroxylation is 2. The van der Waals surface area contributed by atoms with Gasteiger partial charge in [0.25, 0.3) is 0 Å². The van der Waals surface area contributed by atoms with E-state index in [0.717, 1.165) is 17.0 Å². The highest BCUT2D eigenvalue weighted by Gasteiger charge is 2.08. The van der Waals surface area contributed by atoms with Gasteiger partial charge in [0.2, 0.25) is 5.91 Å². The van der Waals surface area contributed by atoms with Crippen molar-refractivity contribution in [3.63, 3.8) is 0 Å². The van der Waals surface area contributed by atoms with Gasteiger partial charge in [-0.1, -0.05) is 0 Å². The molecule has 1 heterocycles. The van der Waals surface area contributed by atoms with E-state index < -0.39 is 0 Å². The first-order chi connectivity index (χ1) is 10.5. The Balaban J connectivity index is 1.86. The van der Waals surface area contributed by atoms with Crippen LogP contribution in [-0.4, -0.2) is 32.5 Å². The number of hydrogen-bond donors (Lipinski definition) is 4. The van der Waals surface area contributed by atoms with Crippen LogP contribution in [-0.2, 0) is 11.2 Å². The number of nitrogens with one attached hydrogen (secondary N) is 2. The van der Waals surface area contributed by atoms with E-state index in [9.17, 15) is 15.0 Å². The summed E-state index contributed by atoms with van der Waals surface area (Å²) >= 11 is 0. The molecule has 0 fully saturated rings. The molecule has 0 aliphatic carbocycles. The fraction of sp³-hybridized carbons (Fsp3) is 0.267. The molecule has 1 aromatic carbocycles. The molecule has 0 saturated heterocycles. The average molecular weight is 302 g/mol. The molecular weight excluding hydrogens is 284 g/mol. The Kier molecular flexibility index (Phi) is 4.77. The lowest BCUT2D eigenvalue weighted by atomic mass is 10.1. The molecular formula is C15H18N4O3. The van der Waals surface area contributed by atoms with Gasteiger partial charge in [0, 0.05) is 23.7 Å². The lowest BCUT2D eigenvalue weighted by Crippen LogP contribution is -2.18. The van der Waals surface area contributed by atoms with Gasteiger partial charge >= 0.3 is 0 Å². The van der Waals surface area contributed by atoms with Crippen LogP contribution < -0.4 is 5.43 Å². The second kappa shape index (κ2) is 6.75. The minimum absolute atomic E-state index is 0.0375. The summed E-state index contributed by atoms with van der Waals surface area (Å²) in [4.78, 5) is 11.7. The number of phenolic OH excluding ortho intramolecular Hbond substituents is 2. The van der Waals surface area contributed by atoms with Crippen molar-refractivity contribution >= 4 is 12.1 Å². The summed E-state index contributed by atoms with van der Waals surface area (Å²) in [5.74, 6) is -0.373. The Morgan fingerprint density at radius 3 is 2.82 bits per heavy atom. The molecule has 0 aliphatic rings. The van der Waals surface area contributed by atoms with Gasteiger partial charge in [-0.05, 0) is 38.0 Å². The van der Waals surface area contributed by atoms with E-state index in [2.05, 4.69) is 20.7 Å². The summed E-state index contributed by atoms with van der Waals surface area (Å²) in [5, 5.41) is 29.5. The van der Waals surface area contributed by atoms with Crippen LogP contribution >= 0.6 is 0 Å². The van der Waals surface area contributed by atoms with Crippen molar-refractivity contribution in [1.29, 1.82) is 0 Å². The van der Waals surface area contributed by atoms with Crippen LogP contribution in [0.5, 0.6) is 11.5 Å². The average Bonchev–Trinajstić information content (AvgIpc) is 2.78. The number of aromatic amines is 1. The predicted octanol–water partition coefficient (Wildman–Crippen LogP) is 1.52. The summed E-state index contributed by atoms with van der Waals surface area (Å²) in [5.41, 5.74) is 5.69. The molecule has 0 unspecified atom stereocenters. The second-order valence-electron chi connectivity index (χ2n) is 4.95. The number of phenols is 2. The first-order valence-corrected chi connectivity index (χ1v) is 6.81. The Hall–Kier alpha value is -2.83. The number of carbonyl (C=O) groups is 1. The van der Waals surface area contributed by atoms with E-state index in [-0.39, 0.29) is 17.4 Å². The maximum Gasteiger partial charge on any atom is 0.240 e. The summed E-state index contributed by atoms with van der Waals surface area (Å²) in [6.45, 7) is 3.81. The first kappa shape index (κ1) is 15.6. The minimum Gasteiger partial charge on any atom is -0.508 e. The Morgan fingerprint density at radius 1 is 1.41 bits per heavy atom. The van der Waals surface area contributed by atoms with Crippen molar-refractivity contribution in [3.05, 3.63) is 40.7 Å². The second-order valence-corrected chi connectivity index (χ2v) is 4.95. The highest BCUT2D eigenvalue weighted by molar-refractivity contribution is 5.85. The number of hydrazone groups is 1. The first-order valence-electron chi connectivity index (χ1n) is 6.81. The fourth-order valence-electron chi connectivity index (χ4n) is 2.05. The maximum atomic E-state index is 11.7. The van der Waals surface area contributed by atoms with Crippen LogP contribution in [0.4, 0.5) is 0 Å². The van der Waals surface area contributed by atoms with E-state index in [1.165, 1.54) is 24.4 Å². The van der Waals surface area contributed by atoms with Gasteiger partial charge in [-0.2, -0.15) is 10.2 Å². The van der Waals surface area contributed by atoms with Gasteiger partial charge in [-0.3, -0.25) is 9.89 Å². The molecule has 1 aromatic heterocycles. The quantitative estimate of drug-likeness (QED) is 0.495. The third-order valence-electron chi connectivity index (χ3n) is 3.29. The minimum atomic E-state index is -0.227. The Morgan fingerprint density at radius 2 is 2.18 bits per heavy atom. The molecule has 0 aliphatic heterocycles. The van der Waals surface area contributed by atoms with E-state index in [1.54, 1.807) is 0 Å². The number of aromatic nitrogens is 2. The Bertz CT molecular complexity index is 687. The van der Waals surface area contributed by atoms with Gasteiger partial charge in [-0.25, -0.2) is 5.43 Å². The zero-order valence-electron chi connectivity index (χ0n) is 12.4. The number of nitrogens with zero attached hydrogens (tertiary/aromatic N) is 2. The Labute approximate surface area is 127 Å². The van der Waals surface area contributed by atoms with E-state index in [1.807, 2.05) is 13.8 Å². The monoisotopic (exact) mass is 302 g/mol. The van der Waals surface area contributed by atoms with Crippen LogP contribution in [0, 0.1) is 13.8 Å². The van der Waals surface area contributed by atoms with Crippen molar-refractivity contribution in [3.8, 4) is 11.5 Å². The molecule has 0 spiro atoms. The molecule has 0 atom stereocenters. The molecule has 22 heavy (non-hydrogen) atoms. The van der Waals surface area contributed by atoms with E-state index in [0.29, 0.717) is 18.4 Å². The van der Waals surface area contributed by atoms with Crippen LogP contribution in [0.1, 0.15) is 28.9 Å². The molecule has 2 rings (SSSR count). The SMILES string of the molecule is Cc1n[nH]c(C)c1CCC(=O)N/N=C/c1ccc(O)cc1O. The van der Waals surface area contributed by atoms with E-state index >= 15 is 0 Å². The molecule has 0 bridgehead atoms. The number of H-pyrrole nitrogens is 1. The summed E-state index contributed by atoms with van der Waals surface area (Å²) < 4.78 is 0. The summed E-state index contributed by atoms with van der Waals surface area (Å²) in [6.07, 6.45) is 2.20. The van der Waals surface area contributed by atoms with Crippen molar-refractivity contribution in [2.24, 2.45) is 5.10 Å². The van der Waals surface area contributed by atoms with Gasteiger partial charge in [-0.15, -0.1) is 0 Å². The normalized spacial score (nSPS) is 11.0. The van der Waals surface area contributed by atoms with Crippen LogP contribution in [0.2, 0.25) is 0 Å². The number of aromatic hydroxyl groups is 2.